The SMILES string of the molecule is CCN(c1ccc(S(N)(=O)=O)nc1)S(=O)(=O)C(C)Cl. The first kappa shape index (κ1) is 16.2. The fourth-order valence-corrected chi connectivity index (χ4v) is 3.23. The lowest BCUT2D eigenvalue weighted by Gasteiger charge is -2.23. The van der Waals surface area contributed by atoms with Crippen LogP contribution in [0.25, 0.3) is 0 Å². The van der Waals surface area contributed by atoms with Crippen LogP contribution in [0.15, 0.2) is 23.4 Å². The van der Waals surface area contributed by atoms with Crippen molar-refractivity contribution in [2.24, 2.45) is 5.14 Å². The predicted octanol–water partition coefficient (Wildman–Crippen LogP) is 0.470. The molecule has 0 aromatic carbocycles. The van der Waals surface area contributed by atoms with Crippen LogP contribution in [-0.2, 0) is 20.0 Å². The summed E-state index contributed by atoms with van der Waals surface area (Å²) in [5, 5.41) is 4.58. The Kier molecular flexibility index (Phi) is 4.77. The van der Waals surface area contributed by atoms with E-state index in [9.17, 15) is 16.8 Å². The summed E-state index contributed by atoms with van der Waals surface area (Å²) in [5.74, 6) is 0. The van der Waals surface area contributed by atoms with Gasteiger partial charge in [-0.3, -0.25) is 4.31 Å². The van der Waals surface area contributed by atoms with Gasteiger partial charge in [0.05, 0.1) is 11.9 Å². The third-order valence-electron chi connectivity index (χ3n) is 2.31. The van der Waals surface area contributed by atoms with Crippen molar-refractivity contribution in [1.29, 1.82) is 0 Å². The van der Waals surface area contributed by atoms with Gasteiger partial charge in [0.1, 0.15) is 0 Å². The number of anilines is 1. The zero-order valence-corrected chi connectivity index (χ0v) is 12.7. The Hall–Kier alpha value is -0.900. The summed E-state index contributed by atoms with van der Waals surface area (Å²) in [6.07, 6.45) is 1.13. The number of primary sulfonamides is 1. The maximum Gasteiger partial charge on any atom is 0.255 e. The number of rotatable bonds is 5. The highest BCUT2D eigenvalue weighted by Crippen LogP contribution is 2.22. The number of nitrogens with zero attached hydrogens (tertiary/aromatic N) is 2. The van der Waals surface area contributed by atoms with E-state index < -0.39 is 24.8 Å². The van der Waals surface area contributed by atoms with Crippen molar-refractivity contribution in [3.8, 4) is 0 Å². The van der Waals surface area contributed by atoms with Crippen LogP contribution in [0.3, 0.4) is 0 Å². The number of halogens is 1. The van der Waals surface area contributed by atoms with Gasteiger partial charge in [0.15, 0.2) is 9.74 Å². The lowest BCUT2D eigenvalue weighted by atomic mass is 10.4. The fraction of sp³-hybridized carbons (Fsp3) is 0.444. The smallest absolute Gasteiger partial charge is 0.255 e. The molecule has 0 spiro atoms. The predicted molar refractivity (Wildman–Crippen MR) is 72.9 cm³/mol. The van der Waals surface area contributed by atoms with E-state index in [0.717, 1.165) is 16.6 Å². The lowest BCUT2D eigenvalue weighted by Crippen LogP contribution is -2.35. The zero-order chi connectivity index (χ0) is 14.8. The van der Waals surface area contributed by atoms with Crippen molar-refractivity contribution < 1.29 is 16.8 Å². The standard InChI is InChI=1S/C9H14ClN3O4S2/c1-3-13(19(16,17)7(2)10)8-4-5-9(12-6-8)18(11,14)15/h4-7H,3H2,1-2H3,(H2,11,14,15). The monoisotopic (exact) mass is 327 g/mol. The van der Waals surface area contributed by atoms with E-state index in [-0.39, 0.29) is 17.3 Å². The molecular weight excluding hydrogens is 314 g/mol. The number of pyridine rings is 1. The highest BCUT2D eigenvalue weighted by Gasteiger charge is 2.26. The molecular formula is C9H14ClN3O4S2. The van der Waals surface area contributed by atoms with Crippen molar-refractivity contribution >= 4 is 37.3 Å². The van der Waals surface area contributed by atoms with E-state index >= 15 is 0 Å². The lowest BCUT2D eigenvalue weighted by molar-refractivity contribution is 0.590. The largest absolute Gasteiger partial charge is 0.268 e. The van der Waals surface area contributed by atoms with Gasteiger partial charge in [-0.2, -0.15) is 0 Å². The summed E-state index contributed by atoms with van der Waals surface area (Å²) in [4.78, 5) is 3.63. The molecule has 0 saturated carbocycles. The van der Waals surface area contributed by atoms with Crippen molar-refractivity contribution in [2.45, 2.75) is 23.6 Å². The van der Waals surface area contributed by atoms with Crippen LogP contribution in [0.1, 0.15) is 13.8 Å². The van der Waals surface area contributed by atoms with Gasteiger partial charge >= 0.3 is 0 Å². The third-order valence-corrected chi connectivity index (χ3v) is 5.71. The van der Waals surface area contributed by atoms with Crippen LogP contribution in [0.2, 0.25) is 0 Å². The summed E-state index contributed by atoms with van der Waals surface area (Å²) in [6, 6.07) is 2.45. The van der Waals surface area contributed by atoms with Crippen molar-refractivity contribution in [1.82, 2.24) is 4.98 Å². The van der Waals surface area contributed by atoms with Gasteiger partial charge in [0.25, 0.3) is 20.0 Å². The van der Waals surface area contributed by atoms with Gasteiger partial charge < -0.3 is 0 Å². The second kappa shape index (κ2) is 5.61. The van der Waals surface area contributed by atoms with E-state index in [4.69, 9.17) is 16.7 Å². The molecule has 0 amide bonds. The second-order valence-corrected chi connectivity index (χ2v) is 8.25. The van der Waals surface area contributed by atoms with Crippen molar-refractivity contribution in [3.05, 3.63) is 18.3 Å². The van der Waals surface area contributed by atoms with Crippen LogP contribution >= 0.6 is 11.6 Å². The minimum absolute atomic E-state index is 0.149. The number of sulfonamides is 2. The number of nitrogens with two attached hydrogens (primary N) is 1. The van der Waals surface area contributed by atoms with E-state index in [0.29, 0.717) is 0 Å². The molecule has 0 aliphatic carbocycles. The summed E-state index contributed by atoms with van der Waals surface area (Å²) in [5.41, 5.74) is 0.224. The van der Waals surface area contributed by atoms with E-state index in [1.54, 1.807) is 6.92 Å². The first-order valence-electron chi connectivity index (χ1n) is 5.25. The zero-order valence-electron chi connectivity index (χ0n) is 10.3. The molecule has 1 aromatic heterocycles. The molecule has 1 aromatic rings. The maximum absolute atomic E-state index is 12.0. The molecule has 1 unspecified atom stereocenters. The molecule has 0 radical (unpaired) electrons. The number of alkyl halides is 1. The minimum atomic E-state index is -3.91. The Morgan fingerprint density at radius 3 is 2.26 bits per heavy atom. The molecule has 0 fully saturated rings. The summed E-state index contributed by atoms with van der Waals surface area (Å²) in [6.45, 7) is 3.12. The Labute approximate surface area is 117 Å². The molecule has 108 valence electrons. The van der Waals surface area contributed by atoms with Gasteiger partial charge in [-0.25, -0.2) is 27.0 Å². The van der Waals surface area contributed by atoms with Gasteiger partial charge in [-0.1, -0.05) is 0 Å². The second-order valence-electron chi connectivity index (χ2n) is 3.65. The summed E-state index contributed by atoms with van der Waals surface area (Å²) in [7, 11) is -7.62. The van der Waals surface area contributed by atoms with Crippen molar-refractivity contribution in [3.63, 3.8) is 0 Å². The average molecular weight is 328 g/mol. The van der Waals surface area contributed by atoms with Crippen LogP contribution in [0.4, 0.5) is 5.69 Å². The van der Waals surface area contributed by atoms with E-state index in [1.165, 1.54) is 13.0 Å². The molecule has 19 heavy (non-hydrogen) atoms. The van der Waals surface area contributed by atoms with E-state index in [1.807, 2.05) is 0 Å². The highest BCUT2D eigenvalue weighted by atomic mass is 35.5. The molecule has 0 saturated heterocycles. The first-order valence-corrected chi connectivity index (χ1v) is 8.73. The number of hydrogen-bond acceptors (Lipinski definition) is 5. The maximum atomic E-state index is 12.0. The van der Waals surface area contributed by atoms with E-state index in [2.05, 4.69) is 4.98 Å². The topological polar surface area (TPSA) is 110 Å². The number of aromatic nitrogens is 1. The Morgan fingerprint density at radius 2 is 1.95 bits per heavy atom. The Morgan fingerprint density at radius 1 is 1.37 bits per heavy atom. The molecule has 1 atom stereocenters. The summed E-state index contributed by atoms with van der Waals surface area (Å²) >= 11 is 5.63. The Bertz CT molecular complexity index is 641. The molecule has 2 N–H and O–H groups in total. The third kappa shape index (κ3) is 3.56. The van der Waals surface area contributed by atoms with Crippen LogP contribution < -0.4 is 9.44 Å². The molecule has 10 heteroatoms. The molecule has 7 nitrogen and oxygen atoms in total. The molecule has 0 aliphatic heterocycles. The van der Waals surface area contributed by atoms with Gasteiger partial charge in [0.2, 0.25) is 0 Å². The number of hydrogen-bond donors (Lipinski definition) is 1. The van der Waals surface area contributed by atoms with Gasteiger partial charge in [0, 0.05) is 6.54 Å². The molecule has 0 bridgehead atoms. The normalized spacial score (nSPS) is 14.1. The van der Waals surface area contributed by atoms with Crippen LogP contribution in [0, 0.1) is 0 Å². The van der Waals surface area contributed by atoms with Gasteiger partial charge in [-0.05, 0) is 26.0 Å². The average Bonchev–Trinajstić information content (AvgIpc) is 2.28. The van der Waals surface area contributed by atoms with Gasteiger partial charge in [-0.15, -0.1) is 11.6 Å². The quantitative estimate of drug-likeness (QED) is 0.790. The minimum Gasteiger partial charge on any atom is -0.268 e. The highest BCUT2D eigenvalue weighted by molar-refractivity contribution is 7.94. The molecule has 1 heterocycles. The Balaban J connectivity index is 3.23. The van der Waals surface area contributed by atoms with Crippen LogP contribution in [-0.4, -0.2) is 33.1 Å². The van der Waals surface area contributed by atoms with Crippen LogP contribution in [0.5, 0.6) is 0 Å². The molecule has 0 aliphatic rings. The first-order chi connectivity index (χ1) is 8.60. The van der Waals surface area contributed by atoms with Crippen molar-refractivity contribution in [2.75, 3.05) is 10.8 Å². The molecule has 1 rings (SSSR count). The summed E-state index contributed by atoms with van der Waals surface area (Å²) < 4.78 is 46.0. The fourth-order valence-electron chi connectivity index (χ4n) is 1.37.